The predicted octanol–water partition coefficient (Wildman–Crippen LogP) is 0.830. The van der Waals surface area contributed by atoms with Crippen molar-refractivity contribution in [2.75, 3.05) is 21.2 Å². The lowest BCUT2D eigenvalue weighted by Gasteiger charge is -2.47. The molecular weight excluding hydrogens is 471 g/mol. The zero-order chi connectivity index (χ0) is 20.2. The maximum Gasteiger partial charge on any atom is 0.408 e. The van der Waals surface area contributed by atoms with Gasteiger partial charge in [-0.05, 0) is 34.1 Å². The molecule has 0 radical (unpaired) electrons. The number of benzene rings is 1. The van der Waals surface area contributed by atoms with Gasteiger partial charge >= 0.3 is 6.09 Å². The van der Waals surface area contributed by atoms with Crippen LogP contribution in [0.2, 0.25) is 0 Å². The number of rotatable bonds is 5. The molecule has 1 saturated heterocycles. The third-order valence-corrected chi connectivity index (χ3v) is 5.30. The maximum absolute atomic E-state index is 12.1. The number of hydrogen-bond donors (Lipinski definition) is 1. The van der Waals surface area contributed by atoms with E-state index in [0.717, 1.165) is 12.8 Å². The summed E-state index contributed by atoms with van der Waals surface area (Å²) in [5.41, 5.74) is 0.739. The van der Waals surface area contributed by atoms with E-state index in [2.05, 4.69) is 50.6 Å². The number of halogens is 1. The van der Waals surface area contributed by atoms with Crippen LogP contribution in [0.15, 0.2) is 30.3 Å². The van der Waals surface area contributed by atoms with Crippen LogP contribution in [0, 0.1) is 0 Å². The molecule has 1 aromatic carbocycles. The lowest BCUT2D eigenvalue weighted by atomic mass is 10.0. The van der Waals surface area contributed by atoms with Gasteiger partial charge in [0.2, 0.25) is 0 Å². The molecule has 7 heteroatoms. The normalized spacial score (nSPS) is 24.0. The SMILES string of the molecule is CO[C@H]1O[C@H]([N+](C)(C)[C@H](C)c2ccccc2)CC[C@H]1NC(=O)OC(C)(C)C.[I-]. The highest BCUT2D eigenvalue weighted by molar-refractivity contribution is 5.68. The Labute approximate surface area is 186 Å². The minimum Gasteiger partial charge on any atom is -1.00 e. The largest absolute Gasteiger partial charge is 1.00 e. The molecule has 1 aliphatic rings. The molecule has 6 nitrogen and oxygen atoms in total. The highest BCUT2D eigenvalue weighted by atomic mass is 127. The quantitative estimate of drug-likeness (QED) is 0.475. The summed E-state index contributed by atoms with van der Waals surface area (Å²) in [4.78, 5) is 12.1. The van der Waals surface area contributed by atoms with Crippen LogP contribution in [0.3, 0.4) is 0 Å². The first-order valence-corrected chi connectivity index (χ1v) is 9.60. The van der Waals surface area contributed by atoms with Gasteiger partial charge in [-0.25, -0.2) is 4.79 Å². The number of nitrogens with one attached hydrogen (secondary N) is 1. The Bertz CT molecular complexity index is 619. The Balaban J connectivity index is 0.00000392. The van der Waals surface area contributed by atoms with E-state index in [1.807, 2.05) is 26.8 Å². The van der Waals surface area contributed by atoms with Crippen molar-refractivity contribution in [3.05, 3.63) is 35.9 Å². The van der Waals surface area contributed by atoms with Crippen molar-refractivity contribution >= 4 is 6.09 Å². The Hall–Kier alpha value is -0.900. The number of amides is 1. The first-order valence-electron chi connectivity index (χ1n) is 9.60. The molecule has 0 aliphatic carbocycles. The number of methoxy groups -OCH3 is 1. The molecule has 0 unspecified atom stereocenters. The summed E-state index contributed by atoms with van der Waals surface area (Å²) in [6.45, 7) is 7.75. The molecule has 1 amide bonds. The molecule has 28 heavy (non-hydrogen) atoms. The van der Waals surface area contributed by atoms with E-state index in [-0.39, 0.29) is 42.3 Å². The fourth-order valence-corrected chi connectivity index (χ4v) is 3.45. The van der Waals surface area contributed by atoms with Crippen LogP contribution in [0.5, 0.6) is 0 Å². The van der Waals surface area contributed by atoms with Gasteiger partial charge in [0.15, 0.2) is 12.5 Å². The average Bonchev–Trinajstić information content (AvgIpc) is 2.60. The standard InChI is InChI=1S/C21H34N2O4.HI/c1-15(16-11-9-8-10-12-16)23(5,6)18-14-13-17(19(25-7)26-18)22-20(24)27-21(2,3)4;/h8-12,15,17-19H,13-14H2,1-7H3;1H/t15-,17-,18+,19+;/m1./s1. The van der Waals surface area contributed by atoms with Crippen molar-refractivity contribution in [1.29, 1.82) is 0 Å². The summed E-state index contributed by atoms with van der Waals surface area (Å²) in [6, 6.07) is 10.5. The van der Waals surface area contributed by atoms with E-state index in [0.29, 0.717) is 4.48 Å². The number of carbonyl (C=O) groups is 1. The molecule has 0 bridgehead atoms. The molecule has 1 aliphatic heterocycles. The molecule has 160 valence electrons. The Kier molecular flexibility index (Phi) is 9.18. The van der Waals surface area contributed by atoms with E-state index in [4.69, 9.17) is 14.2 Å². The molecule has 0 aromatic heterocycles. The average molecular weight is 506 g/mol. The molecule has 1 aromatic rings. The lowest BCUT2D eigenvalue weighted by Crippen LogP contribution is -3.00. The van der Waals surface area contributed by atoms with Gasteiger partial charge in [-0.2, -0.15) is 0 Å². The summed E-state index contributed by atoms with van der Waals surface area (Å²) >= 11 is 0. The molecule has 1 heterocycles. The van der Waals surface area contributed by atoms with Crippen LogP contribution in [-0.2, 0) is 14.2 Å². The highest BCUT2D eigenvalue weighted by Gasteiger charge is 2.43. The van der Waals surface area contributed by atoms with Gasteiger partial charge in [-0.1, -0.05) is 30.3 Å². The fraction of sp³-hybridized carbons (Fsp3) is 0.667. The number of nitrogens with zero attached hydrogens (tertiary/aromatic N) is 1. The molecule has 0 spiro atoms. The number of alkyl carbamates (subject to hydrolysis) is 1. The van der Waals surface area contributed by atoms with Crippen LogP contribution in [0.4, 0.5) is 4.79 Å². The number of carbonyl (C=O) groups excluding carboxylic acids is 1. The number of ether oxygens (including phenoxy) is 3. The lowest BCUT2D eigenvalue weighted by molar-refractivity contribution is -0.967. The molecule has 4 atom stereocenters. The minimum atomic E-state index is -0.533. The van der Waals surface area contributed by atoms with Crippen molar-refractivity contribution in [1.82, 2.24) is 5.32 Å². The Morgan fingerprint density at radius 2 is 1.82 bits per heavy atom. The van der Waals surface area contributed by atoms with E-state index < -0.39 is 18.0 Å². The summed E-state index contributed by atoms with van der Waals surface area (Å²) in [5, 5.41) is 2.89. The van der Waals surface area contributed by atoms with Gasteiger partial charge in [0.25, 0.3) is 0 Å². The van der Waals surface area contributed by atoms with Gasteiger partial charge in [0.1, 0.15) is 11.6 Å². The Morgan fingerprint density at radius 1 is 1.21 bits per heavy atom. The Morgan fingerprint density at radius 3 is 2.36 bits per heavy atom. The topological polar surface area (TPSA) is 56.8 Å². The smallest absolute Gasteiger partial charge is 0.408 e. The molecule has 1 N–H and O–H groups in total. The first-order chi connectivity index (χ1) is 12.5. The van der Waals surface area contributed by atoms with Crippen molar-refractivity contribution < 1.29 is 47.5 Å². The van der Waals surface area contributed by atoms with Gasteiger partial charge in [-0.15, -0.1) is 0 Å². The summed E-state index contributed by atoms with van der Waals surface area (Å²) in [7, 11) is 5.96. The minimum absolute atomic E-state index is 0. The second kappa shape index (κ2) is 10.2. The van der Waals surface area contributed by atoms with Crippen molar-refractivity contribution in [2.45, 2.75) is 70.7 Å². The predicted molar refractivity (Wildman–Crippen MR) is 105 cm³/mol. The fourth-order valence-electron chi connectivity index (χ4n) is 3.45. The van der Waals surface area contributed by atoms with Crippen LogP contribution in [-0.4, -0.2) is 55.9 Å². The highest BCUT2D eigenvalue weighted by Crippen LogP contribution is 2.33. The molecule has 1 fully saturated rings. The molecule has 2 rings (SSSR count). The summed E-state index contributed by atoms with van der Waals surface area (Å²) < 4.78 is 17.9. The monoisotopic (exact) mass is 506 g/mol. The van der Waals surface area contributed by atoms with Crippen molar-refractivity contribution in [2.24, 2.45) is 0 Å². The van der Waals surface area contributed by atoms with E-state index >= 15 is 0 Å². The second-order valence-corrected chi connectivity index (χ2v) is 8.74. The van der Waals surface area contributed by atoms with Crippen LogP contribution in [0.1, 0.15) is 52.1 Å². The van der Waals surface area contributed by atoms with Crippen LogP contribution in [0.25, 0.3) is 0 Å². The van der Waals surface area contributed by atoms with Crippen molar-refractivity contribution in [3.63, 3.8) is 0 Å². The molecular formula is C21H35IN2O4. The maximum atomic E-state index is 12.1. The zero-order valence-corrected chi connectivity index (χ0v) is 20.2. The van der Waals surface area contributed by atoms with E-state index in [1.165, 1.54) is 5.56 Å². The van der Waals surface area contributed by atoms with E-state index in [9.17, 15) is 4.79 Å². The summed E-state index contributed by atoms with van der Waals surface area (Å²) in [5.74, 6) is 0. The number of hydrogen-bond acceptors (Lipinski definition) is 4. The van der Waals surface area contributed by atoms with Crippen LogP contribution < -0.4 is 29.3 Å². The third kappa shape index (κ3) is 6.57. The second-order valence-electron chi connectivity index (χ2n) is 8.74. The van der Waals surface area contributed by atoms with Gasteiger partial charge in [-0.3, -0.25) is 9.22 Å². The van der Waals surface area contributed by atoms with Crippen LogP contribution >= 0.6 is 0 Å². The van der Waals surface area contributed by atoms with Gasteiger partial charge in [0, 0.05) is 19.1 Å². The van der Waals surface area contributed by atoms with Crippen molar-refractivity contribution in [3.8, 4) is 0 Å². The number of quaternary nitrogens is 1. The van der Waals surface area contributed by atoms with E-state index in [1.54, 1.807) is 7.11 Å². The van der Waals surface area contributed by atoms with Gasteiger partial charge < -0.3 is 38.8 Å². The molecule has 0 saturated carbocycles. The third-order valence-electron chi connectivity index (χ3n) is 5.30. The van der Waals surface area contributed by atoms with Gasteiger partial charge in [0.05, 0.1) is 20.1 Å². The first kappa shape index (κ1) is 25.1. The zero-order valence-electron chi connectivity index (χ0n) is 18.1. The summed E-state index contributed by atoms with van der Waals surface area (Å²) in [6.07, 6.45) is 0.623.